The van der Waals surface area contributed by atoms with Crippen LogP contribution >= 0.6 is 24.2 Å². The molecule has 0 heterocycles. The maximum atomic E-state index is 13.0. The molecule has 0 bridgehead atoms. The zero-order chi connectivity index (χ0) is 13.8. The molecule has 0 saturated heterocycles. The first-order valence-corrected chi connectivity index (χ1v) is 6.40. The summed E-state index contributed by atoms with van der Waals surface area (Å²) in [5.41, 5.74) is 1.23. The van der Waals surface area contributed by atoms with Crippen molar-refractivity contribution in [3.8, 4) is 0 Å². The fourth-order valence-electron chi connectivity index (χ4n) is 1.59. The summed E-state index contributed by atoms with van der Waals surface area (Å²) in [7, 11) is 0. The quantitative estimate of drug-likeness (QED) is 0.831. The highest BCUT2D eigenvalue weighted by atomic mass is 35.5. The number of halogens is 2. The number of hydrogen-bond donors (Lipinski definition) is 2. The number of carbonyl (C=O) groups is 1. The molecule has 98 valence electrons. The van der Waals surface area contributed by atoms with E-state index in [1.54, 1.807) is 30.3 Å². The number of hydrogen-bond acceptors (Lipinski definition) is 2. The predicted molar refractivity (Wildman–Crippen MR) is 76.3 cm³/mol. The van der Waals surface area contributed by atoms with Gasteiger partial charge in [-0.1, -0.05) is 29.8 Å². The first-order chi connectivity index (χ1) is 9.08. The number of rotatable bonds is 3. The van der Waals surface area contributed by atoms with Gasteiger partial charge in [0, 0.05) is 11.4 Å². The van der Waals surface area contributed by atoms with Crippen molar-refractivity contribution in [1.82, 2.24) is 5.32 Å². The Morgan fingerprint density at radius 3 is 2.68 bits per heavy atom. The molecule has 0 saturated carbocycles. The molecule has 0 atom stereocenters. The van der Waals surface area contributed by atoms with Crippen molar-refractivity contribution in [1.29, 1.82) is 0 Å². The Bertz CT molecular complexity index is 618. The topological polar surface area (TPSA) is 29.1 Å². The van der Waals surface area contributed by atoms with Gasteiger partial charge in [-0.3, -0.25) is 4.79 Å². The first-order valence-electron chi connectivity index (χ1n) is 5.58. The van der Waals surface area contributed by atoms with Gasteiger partial charge in [-0.05, 0) is 29.8 Å². The minimum atomic E-state index is -0.475. The van der Waals surface area contributed by atoms with Gasteiger partial charge in [0.15, 0.2) is 0 Å². The van der Waals surface area contributed by atoms with Crippen LogP contribution < -0.4 is 5.32 Å². The SMILES string of the molecule is O=C(NCc1ccc(F)c(Cl)c1)c1ccccc1S. The Kier molecular flexibility index (Phi) is 4.45. The van der Waals surface area contributed by atoms with Gasteiger partial charge in [0.2, 0.25) is 0 Å². The van der Waals surface area contributed by atoms with Crippen LogP contribution in [0.2, 0.25) is 5.02 Å². The average molecular weight is 296 g/mol. The van der Waals surface area contributed by atoms with Crippen molar-refractivity contribution in [2.75, 3.05) is 0 Å². The van der Waals surface area contributed by atoms with Crippen molar-refractivity contribution >= 4 is 30.1 Å². The second-order valence-electron chi connectivity index (χ2n) is 3.95. The summed E-state index contributed by atoms with van der Waals surface area (Å²) in [6.07, 6.45) is 0. The molecule has 1 N–H and O–H groups in total. The van der Waals surface area contributed by atoms with E-state index in [0.29, 0.717) is 10.5 Å². The molecule has 19 heavy (non-hydrogen) atoms. The number of benzene rings is 2. The fourth-order valence-corrected chi connectivity index (χ4v) is 2.06. The Morgan fingerprint density at radius 2 is 2.00 bits per heavy atom. The smallest absolute Gasteiger partial charge is 0.252 e. The van der Waals surface area contributed by atoms with Crippen LogP contribution in [-0.4, -0.2) is 5.91 Å². The van der Waals surface area contributed by atoms with Gasteiger partial charge < -0.3 is 5.32 Å². The second kappa shape index (κ2) is 6.08. The monoisotopic (exact) mass is 295 g/mol. The third-order valence-electron chi connectivity index (χ3n) is 2.59. The molecule has 0 fully saturated rings. The van der Waals surface area contributed by atoms with Gasteiger partial charge in [0.1, 0.15) is 5.82 Å². The fraction of sp³-hybridized carbons (Fsp3) is 0.0714. The van der Waals surface area contributed by atoms with E-state index < -0.39 is 5.82 Å². The number of carbonyl (C=O) groups excluding carboxylic acids is 1. The molecule has 0 aliphatic heterocycles. The lowest BCUT2D eigenvalue weighted by atomic mass is 10.2. The molecule has 0 aromatic heterocycles. The van der Waals surface area contributed by atoms with Crippen LogP contribution in [0.1, 0.15) is 15.9 Å². The lowest BCUT2D eigenvalue weighted by molar-refractivity contribution is 0.0948. The highest BCUT2D eigenvalue weighted by Crippen LogP contribution is 2.16. The molecule has 0 aliphatic carbocycles. The van der Waals surface area contributed by atoms with Crippen LogP contribution in [0, 0.1) is 5.82 Å². The summed E-state index contributed by atoms with van der Waals surface area (Å²) >= 11 is 9.89. The maximum absolute atomic E-state index is 13.0. The zero-order valence-corrected chi connectivity index (χ0v) is 11.5. The molecule has 2 nitrogen and oxygen atoms in total. The van der Waals surface area contributed by atoms with Gasteiger partial charge in [0.25, 0.3) is 5.91 Å². The normalized spacial score (nSPS) is 10.3. The number of nitrogens with one attached hydrogen (secondary N) is 1. The van der Waals surface area contributed by atoms with Crippen molar-refractivity contribution in [3.05, 3.63) is 64.4 Å². The summed E-state index contributed by atoms with van der Waals surface area (Å²) < 4.78 is 13.0. The third-order valence-corrected chi connectivity index (χ3v) is 3.27. The molecule has 0 radical (unpaired) electrons. The van der Waals surface area contributed by atoms with Crippen LogP contribution in [-0.2, 0) is 6.54 Å². The molecule has 2 rings (SSSR count). The lowest BCUT2D eigenvalue weighted by Crippen LogP contribution is -2.23. The Hall–Kier alpha value is -1.52. The highest BCUT2D eigenvalue weighted by Gasteiger charge is 2.08. The highest BCUT2D eigenvalue weighted by molar-refractivity contribution is 7.80. The molecule has 0 unspecified atom stereocenters. The van der Waals surface area contributed by atoms with E-state index in [1.807, 2.05) is 0 Å². The third kappa shape index (κ3) is 3.49. The van der Waals surface area contributed by atoms with E-state index >= 15 is 0 Å². The van der Waals surface area contributed by atoms with Crippen molar-refractivity contribution in [3.63, 3.8) is 0 Å². The maximum Gasteiger partial charge on any atom is 0.252 e. The molecule has 0 aliphatic rings. The van der Waals surface area contributed by atoms with E-state index in [-0.39, 0.29) is 17.5 Å². The molecule has 2 aromatic carbocycles. The van der Waals surface area contributed by atoms with Gasteiger partial charge in [0.05, 0.1) is 10.6 Å². The van der Waals surface area contributed by atoms with Crippen LogP contribution in [0.3, 0.4) is 0 Å². The van der Waals surface area contributed by atoms with E-state index in [0.717, 1.165) is 5.56 Å². The molecular formula is C14H11ClFNOS. The Balaban J connectivity index is 2.04. The molecule has 0 spiro atoms. The van der Waals surface area contributed by atoms with E-state index in [4.69, 9.17) is 11.6 Å². The van der Waals surface area contributed by atoms with Crippen molar-refractivity contribution in [2.24, 2.45) is 0 Å². The Morgan fingerprint density at radius 1 is 1.26 bits per heavy atom. The Labute approximate surface area is 121 Å². The van der Waals surface area contributed by atoms with Crippen LogP contribution in [0.25, 0.3) is 0 Å². The summed E-state index contributed by atoms with van der Waals surface area (Å²) in [5, 5.41) is 2.78. The summed E-state index contributed by atoms with van der Waals surface area (Å²) in [6.45, 7) is 0.279. The summed E-state index contributed by atoms with van der Waals surface area (Å²) in [6, 6.07) is 11.3. The average Bonchev–Trinajstić information content (AvgIpc) is 2.40. The van der Waals surface area contributed by atoms with Gasteiger partial charge >= 0.3 is 0 Å². The zero-order valence-electron chi connectivity index (χ0n) is 9.86. The van der Waals surface area contributed by atoms with Crippen molar-refractivity contribution in [2.45, 2.75) is 11.4 Å². The first kappa shape index (κ1) is 13.9. The van der Waals surface area contributed by atoms with E-state index in [9.17, 15) is 9.18 Å². The minimum Gasteiger partial charge on any atom is -0.348 e. The van der Waals surface area contributed by atoms with Crippen molar-refractivity contribution < 1.29 is 9.18 Å². The predicted octanol–water partition coefficient (Wildman–Crippen LogP) is 3.70. The molecular weight excluding hydrogens is 285 g/mol. The largest absolute Gasteiger partial charge is 0.348 e. The van der Waals surface area contributed by atoms with E-state index in [2.05, 4.69) is 17.9 Å². The van der Waals surface area contributed by atoms with Gasteiger partial charge in [-0.2, -0.15) is 0 Å². The second-order valence-corrected chi connectivity index (χ2v) is 4.84. The molecule has 1 amide bonds. The molecule has 2 aromatic rings. The van der Waals surface area contributed by atoms with Gasteiger partial charge in [-0.15, -0.1) is 12.6 Å². The lowest BCUT2D eigenvalue weighted by Gasteiger charge is -2.07. The summed E-state index contributed by atoms with van der Waals surface area (Å²) in [4.78, 5) is 12.5. The minimum absolute atomic E-state index is 0.0429. The van der Waals surface area contributed by atoms with Crippen LogP contribution in [0.15, 0.2) is 47.4 Å². The van der Waals surface area contributed by atoms with Gasteiger partial charge in [-0.25, -0.2) is 4.39 Å². The number of amides is 1. The van der Waals surface area contributed by atoms with Crippen LogP contribution in [0.4, 0.5) is 4.39 Å². The van der Waals surface area contributed by atoms with E-state index in [1.165, 1.54) is 12.1 Å². The molecule has 5 heteroatoms. The number of thiol groups is 1. The standard InChI is InChI=1S/C14H11ClFNOS/c15-11-7-9(5-6-12(11)16)8-17-14(18)10-3-1-2-4-13(10)19/h1-7,19H,8H2,(H,17,18). The van der Waals surface area contributed by atoms with Crippen LogP contribution in [0.5, 0.6) is 0 Å². The summed E-state index contributed by atoms with van der Waals surface area (Å²) in [5.74, 6) is -0.705.